The van der Waals surface area contributed by atoms with Crippen molar-refractivity contribution in [2.24, 2.45) is 0 Å². The lowest BCUT2D eigenvalue weighted by atomic mass is 9.98. The molecule has 0 unspecified atom stereocenters. The third-order valence-corrected chi connectivity index (χ3v) is 3.58. The first kappa shape index (κ1) is 16.2. The highest BCUT2D eigenvalue weighted by Gasteiger charge is 2.30. The van der Waals surface area contributed by atoms with E-state index in [4.69, 9.17) is 4.43 Å². The van der Waals surface area contributed by atoms with Crippen molar-refractivity contribution in [1.82, 2.24) is 0 Å². The smallest absolute Gasteiger partial charge is 0.414 e. The predicted octanol–water partition coefficient (Wildman–Crippen LogP) is 4.30. The van der Waals surface area contributed by atoms with Crippen LogP contribution in [0.3, 0.4) is 0 Å². The summed E-state index contributed by atoms with van der Waals surface area (Å²) in [6, 6.07) is 5.53. The molecule has 0 atom stereocenters. The lowest BCUT2D eigenvalue weighted by molar-refractivity contribution is -0.137. The zero-order chi connectivity index (χ0) is 14.5. The summed E-state index contributed by atoms with van der Waals surface area (Å²) < 4.78 is 42.7. The topological polar surface area (TPSA) is 9.23 Å². The molecule has 0 spiro atoms. The third-order valence-electron chi connectivity index (χ3n) is 3.02. The maximum absolute atomic E-state index is 12.5. The van der Waals surface area contributed by atoms with Gasteiger partial charge in [0.1, 0.15) is 0 Å². The van der Waals surface area contributed by atoms with Crippen LogP contribution in [0, 0.1) is 0 Å². The molecule has 0 aliphatic carbocycles. The molecule has 1 nitrogen and oxygen atoms in total. The van der Waals surface area contributed by atoms with Gasteiger partial charge in [-0.25, -0.2) is 0 Å². The van der Waals surface area contributed by atoms with Crippen LogP contribution in [0.2, 0.25) is 0 Å². The van der Waals surface area contributed by atoms with E-state index in [9.17, 15) is 13.2 Å². The van der Waals surface area contributed by atoms with Crippen LogP contribution in [0.1, 0.15) is 44.2 Å². The average Bonchev–Trinajstić information content (AvgIpc) is 2.34. The number of rotatable bonds is 6. The Morgan fingerprint density at radius 1 is 1.16 bits per heavy atom. The van der Waals surface area contributed by atoms with Crippen molar-refractivity contribution < 1.29 is 17.6 Å². The molecule has 0 bridgehead atoms. The van der Waals surface area contributed by atoms with Gasteiger partial charge in [0.05, 0.1) is 5.56 Å². The average molecular weight is 287 g/mol. The molecule has 0 fully saturated rings. The molecule has 0 heterocycles. The van der Waals surface area contributed by atoms with Crippen LogP contribution in [-0.2, 0) is 17.0 Å². The van der Waals surface area contributed by atoms with E-state index in [1.54, 1.807) is 6.07 Å². The van der Waals surface area contributed by atoms with Gasteiger partial charge in [0.15, 0.2) is 0 Å². The molecule has 19 heavy (non-hydrogen) atoms. The Kier molecular flexibility index (Phi) is 5.61. The van der Waals surface area contributed by atoms with Crippen LogP contribution in [0.5, 0.6) is 0 Å². The molecule has 0 aromatic heterocycles. The van der Waals surface area contributed by atoms with Gasteiger partial charge in [0.2, 0.25) is 10.5 Å². The molecule has 3 radical (unpaired) electrons. The molecule has 0 saturated carbocycles. The first-order valence-electron chi connectivity index (χ1n) is 6.25. The van der Waals surface area contributed by atoms with Crippen molar-refractivity contribution in [2.45, 2.75) is 51.3 Å². The molecule has 5 heteroatoms. The summed E-state index contributed by atoms with van der Waals surface area (Å²) in [5, 5.41) is 0. The minimum atomic E-state index is -4.26. The Morgan fingerprint density at radius 2 is 1.84 bits per heavy atom. The predicted molar refractivity (Wildman–Crippen MR) is 69.9 cm³/mol. The summed E-state index contributed by atoms with van der Waals surface area (Å²) in [5.74, 6) is 0. The number of unbranched alkanes of at least 4 members (excludes halogenated alkanes) is 1. The van der Waals surface area contributed by atoms with Gasteiger partial charge in [-0.15, -0.1) is 0 Å². The summed E-state index contributed by atoms with van der Waals surface area (Å²) in [4.78, 5) is 0. The van der Waals surface area contributed by atoms with Crippen molar-refractivity contribution in [3.63, 3.8) is 0 Å². The van der Waals surface area contributed by atoms with Crippen molar-refractivity contribution >= 4 is 10.5 Å². The third kappa shape index (κ3) is 5.78. The van der Waals surface area contributed by atoms with Gasteiger partial charge in [-0.1, -0.05) is 24.6 Å². The molecule has 1 rings (SSSR count). The largest absolute Gasteiger partial charge is 0.416 e. The second-order valence-corrected chi connectivity index (χ2v) is 5.47. The molecule has 0 saturated heterocycles. The number of hydrogen-bond donors (Lipinski definition) is 0. The number of alkyl halides is 3. The number of halogens is 3. The highest BCUT2D eigenvalue weighted by atomic mass is 28.2. The summed E-state index contributed by atoms with van der Waals surface area (Å²) in [5.41, 5.74) is -0.0919. The Labute approximate surface area is 115 Å². The van der Waals surface area contributed by atoms with Crippen LogP contribution in [0.4, 0.5) is 13.2 Å². The molecule has 0 amide bonds. The Hall–Kier alpha value is -0.813. The van der Waals surface area contributed by atoms with Crippen LogP contribution < -0.4 is 0 Å². The van der Waals surface area contributed by atoms with Gasteiger partial charge in [-0.05, 0) is 44.7 Å². The van der Waals surface area contributed by atoms with Gasteiger partial charge in [0.25, 0.3) is 0 Å². The minimum absolute atomic E-state index is 0.245. The maximum Gasteiger partial charge on any atom is 0.416 e. The van der Waals surface area contributed by atoms with E-state index in [-0.39, 0.29) is 5.60 Å². The van der Waals surface area contributed by atoms with E-state index in [2.05, 4.69) is 10.5 Å². The molecular weight excluding hydrogens is 269 g/mol. The zero-order valence-electron chi connectivity index (χ0n) is 11.2. The SMILES string of the molecule is CC(C)(CCCCc1cccc(C(F)(F)F)c1)O[Si]. The summed E-state index contributed by atoms with van der Waals surface area (Å²) in [6.07, 6.45) is -0.993. The van der Waals surface area contributed by atoms with Crippen molar-refractivity contribution in [1.29, 1.82) is 0 Å². The van der Waals surface area contributed by atoms with Gasteiger partial charge < -0.3 is 4.43 Å². The van der Waals surface area contributed by atoms with Gasteiger partial charge in [0, 0.05) is 5.60 Å². The van der Waals surface area contributed by atoms with Crippen molar-refractivity contribution in [3.8, 4) is 0 Å². The fraction of sp³-hybridized carbons (Fsp3) is 0.571. The van der Waals surface area contributed by atoms with E-state index in [0.717, 1.165) is 30.9 Å². The molecule has 0 aliphatic rings. The Bertz CT molecular complexity index is 402. The number of benzene rings is 1. The van der Waals surface area contributed by atoms with E-state index < -0.39 is 11.7 Å². The van der Waals surface area contributed by atoms with Gasteiger partial charge in [-0.2, -0.15) is 13.2 Å². The molecular formula is C14H18F3OSi. The zero-order valence-corrected chi connectivity index (χ0v) is 12.2. The Balaban J connectivity index is 2.46. The highest BCUT2D eigenvalue weighted by molar-refractivity contribution is 5.98. The summed E-state index contributed by atoms with van der Waals surface area (Å²) in [7, 11) is 3.02. The van der Waals surface area contributed by atoms with Crippen LogP contribution in [-0.4, -0.2) is 16.1 Å². The van der Waals surface area contributed by atoms with Gasteiger partial charge in [-0.3, -0.25) is 0 Å². The molecule has 0 aliphatic heterocycles. The summed E-state index contributed by atoms with van der Waals surface area (Å²) in [6.45, 7) is 3.93. The van der Waals surface area contributed by atoms with Crippen LogP contribution in [0.25, 0.3) is 0 Å². The molecule has 105 valence electrons. The Morgan fingerprint density at radius 3 is 2.42 bits per heavy atom. The molecule has 1 aromatic carbocycles. The van der Waals surface area contributed by atoms with Crippen LogP contribution in [0.15, 0.2) is 24.3 Å². The first-order chi connectivity index (χ1) is 8.74. The second kappa shape index (κ2) is 6.57. The number of aryl methyl sites for hydroxylation is 1. The maximum atomic E-state index is 12.5. The fourth-order valence-corrected chi connectivity index (χ4v) is 1.94. The van der Waals surface area contributed by atoms with Crippen molar-refractivity contribution in [2.75, 3.05) is 0 Å². The fourth-order valence-electron chi connectivity index (χ4n) is 1.83. The lowest BCUT2D eigenvalue weighted by Crippen LogP contribution is -2.22. The van der Waals surface area contributed by atoms with Gasteiger partial charge >= 0.3 is 6.18 Å². The number of hydrogen-bond acceptors (Lipinski definition) is 1. The van der Waals surface area contributed by atoms with E-state index in [0.29, 0.717) is 6.42 Å². The van der Waals surface area contributed by atoms with Crippen LogP contribution >= 0.6 is 0 Å². The molecule has 1 aromatic rings. The molecule has 0 N–H and O–H groups in total. The van der Waals surface area contributed by atoms with E-state index in [1.165, 1.54) is 12.1 Å². The minimum Gasteiger partial charge on any atom is -0.414 e. The summed E-state index contributed by atoms with van der Waals surface area (Å²) >= 11 is 0. The standard InChI is InChI=1S/C14H18F3OSi/c1-13(2,18-19)9-4-3-6-11-7-5-8-12(10-11)14(15,16)17/h5,7-8,10H,3-4,6,9H2,1-2H3. The van der Waals surface area contributed by atoms with Crippen molar-refractivity contribution in [3.05, 3.63) is 35.4 Å². The van der Waals surface area contributed by atoms with E-state index >= 15 is 0 Å². The monoisotopic (exact) mass is 287 g/mol. The first-order valence-corrected chi connectivity index (χ1v) is 6.66. The quantitative estimate of drug-likeness (QED) is 0.560. The van der Waals surface area contributed by atoms with E-state index in [1.807, 2.05) is 13.8 Å². The lowest BCUT2D eigenvalue weighted by Gasteiger charge is -2.22. The highest BCUT2D eigenvalue weighted by Crippen LogP contribution is 2.29. The normalized spacial score (nSPS) is 12.7. The second-order valence-electron chi connectivity index (χ2n) is 5.27.